The minimum atomic E-state index is 0.497. The van der Waals surface area contributed by atoms with Gasteiger partial charge < -0.3 is 15.5 Å². The number of thiazole rings is 2. The summed E-state index contributed by atoms with van der Waals surface area (Å²) < 4.78 is 0. The zero-order valence-corrected chi connectivity index (χ0v) is 21.0. The summed E-state index contributed by atoms with van der Waals surface area (Å²) in [6, 6.07) is 4.98. The van der Waals surface area contributed by atoms with Crippen molar-refractivity contribution in [3.63, 3.8) is 0 Å². The van der Waals surface area contributed by atoms with Crippen LogP contribution in [0.2, 0.25) is 0 Å². The van der Waals surface area contributed by atoms with Crippen LogP contribution >= 0.6 is 22.7 Å². The van der Waals surface area contributed by atoms with Crippen LogP contribution in [0.3, 0.4) is 0 Å². The lowest BCUT2D eigenvalue weighted by Crippen LogP contribution is -2.50. The summed E-state index contributed by atoms with van der Waals surface area (Å²) in [5.74, 6) is 0.814. The molecule has 2 bridgehead atoms. The Balaban J connectivity index is 0.000000201. The number of aromatic nitrogens is 3. The topological polar surface area (TPSA) is 83.0 Å². The molecule has 1 amide bonds. The fourth-order valence-corrected chi connectivity index (χ4v) is 5.50. The Bertz CT molecular complexity index is 984. The minimum Gasteiger partial charge on any atom is -0.337 e. The van der Waals surface area contributed by atoms with Gasteiger partial charge in [0.2, 0.25) is 6.41 Å². The number of rotatable bonds is 4. The molecule has 2 aliphatic heterocycles. The van der Waals surface area contributed by atoms with E-state index in [1.165, 1.54) is 12.8 Å². The van der Waals surface area contributed by atoms with E-state index in [4.69, 9.17) is 0 Å². The number of hydrogen-bond donors (Lipinski definition) is 2. The number of hydrogen-bond acceptors (Lipinski definition) is 8. The number of nitrogens with zero attached hydrogens (tertiary/aromatic N) is 4. The van der Waals surface area contributed by atoms with Gasteiger partial charge in [-0.2, -0.15) is 0 Å². The lowest BCUT2D eigenvalue weighted by Gasteiger charge is -2.31. The van der Waals surface area contributed by atoms with Gasteiger partial charge in [0.15, 0.2) is 5.13 Å². The number of carbonyl (C=O) groups is 1. The van der Waals surface area contributed by atoms with Crippen LogP contribution < -0.4 is 10.6 Å². The maximum atomic E-state index is 10.5. The molecule has 7 nitrogen and oxygen atoms in total. The molecule has 2 atom stereocenters. The molecular weight excluding hydrogens is 440 g/mol. The van der Waals surface area contributed by atoms with Crippen molar-refractivity contribution in [3.05, 3.63) is 40.0 Å². The summed E-state index contributed by atoms with van der Waals surface area (Å²) in [5.41, 5.74) is 3.16. The highest BCUT2D eigenvalue weighted by atomic mass is 32.1. The van der Waals surface area contributed by atoms with Crippen molar-refractivity contribution >= 4 is 40.0 Å². The molecule has 3 aromatic rings. The van der Waals surface area contributed by atoms with Crippen LogP contribution in [0.5, 0.6) is 0 Å². The summed E-state index contributed by atoms with van der Waals surface area (Å²) in [6.07, 6.45) is 5.23. The second-order valence-electron chi connectivity index (χ2n) is 7.63. The van der Waals surface area contributed by atoms with Crippen molar-refractivity contribution in [2.45, 2.75) is 59.5 Å². The van der Waals surface area contributed by atoms with E-state index < -0.39 is 0 Å². The molecule has 0 saturated carbocycles. The van der Waals surface area contributed by atoms with Crippen molar-refractivity contribution in [1.82, 2.24) is 25.2 Å². The maximum Gasteiger partial charge on any atom is 0.210 e. The molecule has 172 valence electrons. The lowest BCUT2D eigenvalue weighted by atomic mass is 10.2. The number of aryl methyl sites for hydroxylation is 3. The third kappa shape index (κ3) is 5.90. The van der Waals surface area contributed by atoms with Crippen LogP contribution in [-0.2, 0) is 4.79 Å². The first kappa shape index (κ1) is 24.3. The van der Waals surface area contributed by atoms with E-state index in [0.29, 0.717) is 12.1 Å². The van der Waals surface area contributed by atoms with Gasteiger partial charge in [-0.3, -0.25) is 4.79 Å². The molecular formula is C23H32N6OS2. The predicted octanol–water partition coefficient (Wildman–Crippen LogP) is 4.94. The number of carbonyl (C=O) groups excluding carboxylic acids is 1. The molecule has 2 saturated heterocycles. The van der Waals surface area contributed by atoms with Crippen LogP contribution in [-0.4, -0.2) is 51.4 Å². The first-order valence-electron chi connectivity index (χ1n) is 11.1. The highest BCUT2D eigenvalue weighted by Gasteiger charge is 2.34. The number of piperazine rings is 1. The highest BCUT2D eigenvalue weighted by Crippen LogP contribution is 2.32. The van der Waals surface area contributed by atoms with Crippen molar-refractivity contribution in [2.24, 2.45) is 0 Å². The van der Waals surface area contributed by atoms with Crippen molar-refractivity contribution in [1.29, 1.82) is 0 Å². The lowest BCUT2D eigenvalue weighted by molar-refractivity contribution is -0.121. The molecule has 5 rings (SSSR count). The molecule has 2 N–H and O–H groups in total. The summed E-state index contributed by atoms with van der Waals surface area (Å²) in [5, 5.41) is 10.5. The standard InChI is InChI=1S/C14H14N4S2.C7H12N2O.C2H6/c1-8-4-5-12(15-6-8)18-14-17-11(7-19-14)13-9(2)16-10(3)20-13;10-5-9-6-1-2-7(9)4-8-3-6;1-2/h4-7H,1-3H3,(H,15,17,18);5-8H,1-4H2;1-2H3/t;6-,7+;. The molecule has 5 heterocycles. The molecule has 0 spiro atoms. The number of fused-ring (bicyclic) bond motifs is 2. The van der Waals surface area contributed by atoms with Gasteiger partial charge in [0.25, 0.3) is 0 Å². The van der Waals surface area contributed by atoms with Crippen LogP contribution in [0.15, 0.2) is 23.7 Å². The molecule has 0 radical (unpaired) electrons. The van der Waals surface area contributed by atoms with Crippen LogP contribution in [0.25, 0.3) is 10.6 Å². The third-order valence-corrected chi connectivity index (χ3v) is 7.20. The Labute approximate surface area is 198 Å². The van der Waals surface area contributed by atoms with E-state index in [2.05, 4.69) is 31.0 Å². The molecule has 0 aliphatic carbocycles. The van der Waals surface area contributed by atoms with Crippen molar-refractivity contribution in [3.8, 4) is 10.6 Å². The second-order valence-corrected chi connectivity index (χ2v) is 9.69. The van der Waals surface area contributed by atoms with Crippen LogP contribution in [0, 0.1) is 20.8 Å². The summed E-state index contributed by atoms with van der Waals surface area (Å²) >= 11 is 3.26. The van der Waals surface area contributed by atoms with Gasteiger partial charge in [0, 0.05) is 36.8 Å². The van der Waals surface area contributed by atoms with Crippen molar-refractivity contribution in [2.75, 3.05) is 18.4 Å². The Morgan fingerprint density at radius 2 is 1.84 bits per heavy atom. The van der Waals surface area contributed by atoms with Crippen LogP contribution in [0.1, 0.15) is 43.0 Å². The zero-order chi connectivity index (χ0) is 23.1. The summed E-state index contributed by atoms with van der Waals surface area (Å²) in [4.78, 5) is 27.0. The first-order valence-corrected chi connectivity index (χ1v) is 12.8. The van der Waals surface area contributed by atoms with Crippen LogP contribution in [0.4, 0.5) is 10.9 Å². The number of amides is 1. The average Bonchev–Trinajstić information content (AvgIpc) is 3.46. The van der Waals surface area contributed by atoms with Gasteiger partial charge in [0.1, 0.15) is 5.82 Å². The molecule has 32 heavy (non-hydrogen) atoms. The van der Waals surface area contributed by atoms with E-state index in [1.807, 2.05) is 57.8 Å². The number of anilines is 2. The van der Waals surface area contributed by atoms with Gasteiger partial charge >= 0.3 is 0 Å². The monoisotopic (exact) mass is 472 g/mol. The normalized spacial score (nSPS) is 18.8. The minimum absolute atomic E-state index is 0.497. The fourth-order valence-electron chi connectivity index (χ4n) is 3.84. The van der Waals surface area contributed by atoms with E-state index >= 15 is 0 Å². The zero-order valence-electron chi connectivity index (χ0n) is 19.4. The summed E-state index contributed by atoms with van der Waals surface area (Å²) in [6.45, 7) is 12.0. The Kier molecular flexibility index (Phi) is 8.72. The number of pyridine rings is 1. The van der Waals surface area contributed by atoms with Gasteiger partial charge in [-0.25, -0.2) is 15.0 Å². The highest BCUT2D eigenvalue weighted by molar-refractivity contribution is 7.16. The third-order valence-electron chi connectivity index (χ3n) is 5.34. The molecule has 3 aromatic heterocycles. The van der Waals surface area contributed by atoms with Crippen molar-refractivity contribution < 1.29 is 4.79 Å². The molecule has 2 aliphatic rings. The molecule has 2 fully saturated rings. The second kappa shape index (κ2) is 11.5. The van der Waals surface area contributed by atoms with E-state index in [-0.39, 0.29) is 0 Å². The van der Waals surface area contributed by atoms with Gasteiger partial charge in [-0.05, 0) is 45.2 Å². The van der Waals surface area contributed by atoms with E-state index in [1.54, 1.807) is 22.7 Å². The number of nitrogens with one attached hydrogen (secondary N) is 2. The van der Waals surface area contributed by atoms with E-state index in [0.717, 1.165) is 57.3 Å². The summed E-state index contributed by atoms with van der Waals surface area (Å²) in [7, 11) is 0. The molecule has 9 heteroatoms. The van der Waals surface area contributed by atoms with Gasteiger partial charge in [-0.15, -0.1) is 22.7 Å². The quantitative estimate of drug-likeness (QED) is 0.524. The predicted molar refractivity (Wildman–Crippen MR) is 134 cm³/mol. The largest absolute Gasteiger partial charge is 0.337 e. The van der Waals surface area contributed by atoms with Gasteiger partial charge in [-0.1, -0.05) is 19.9 Å². The van der Waals surface area contributed by atoms with Gasteiger partial charge in [0.05, 0.1) is 21.3 Å². The Morgan fingerprint density at radius 3 is 2.38 bits per heavy atom. The molecule has 0 aromatic carbocycles. The first-order chi connectivity index (χ1) is 15.5. The fraction of sp³-hybridized carbons (Fsp3) is 0.478. The average molecular weight is 473 g/mol. The Hall–Kier alpha value is -2.36. The maximum absolute atomic E-state index is 10.5. The Morgan fingerprint density at radius 1 is 1.12 bits per heavy atom. The van der Waals surface area contributed by atoms with E-state index in [9.17, 15) is 4.79 Å². The smallest absolute Gasteiger partial charge is 0.210 e. The SMILES string of the molecule is CC.Cc1ccc(Nc2nc(-c3sc(C)nc3C)cs2)nc1.O=CN1[C@@H]2CC[C@H]1CNC2. The molecule has 0 unspecified atom stereocenters.